The summed E-state index contributed by atoms with van der Waals surface area (Å²) in [6, 6.07) is 8.26. The summed E-state index contributed by atoms with van der Waals surface area (Å²) in [5.41, 5.74) is -2.55. The quantitative estimate of drug-likeness (QED) is 0.398. The lowest BCUT2D eigenvalue weighted by Gasteiger charge is -2.13. The minimum absolute atomic E-state index is 0.137. The second-order valence-corrected chi connectivity index (χ2v) is 4.73. The molecule has 0 amide bonds. The SMILES string of the molecule is FC(F)(F)c1ccc2c(c1)nc(C(F)(F)F)c1ccccc12. The first kappa shape index (κ1) is 14.6. The molecule has 1 nitrogen and oxygen atoms in total. The largest absolute Gasteiger partial charge is 0.433 e. The van der Waals surface area contributed by atoms with Gasteiger partial charge in [-0.3, -0.25) is 0 Å². The van der Waals surface area contributed by atoms with Crippen LogP contribution in [0.15, 0.2) is 42.5 Å². The lowest BCUT2D eigenvalue weighted by atomic mass is 10.0. The molecule has 3 aromatic rings. The van der Waals surface area contributed by atoms with Crippen molar-refractivity contribution < 1.29 is 26.3 Å². The summed E-state index contributed by atoms with van der Waals surface area (Å²) in [7, 11) is 0. The molecule has 0 radical (unpaired) electrons. The Bertz CT molecular complexity index is 863. The fraction of sp³-hybridized carbons (Fsp3) is 0.133. The summed E-state index contributed by atoms with van der Waals surface area (Å²) in [6.45, 7) is 0. The van der Waals surface area contributed by atoms with Crippen LogP contribution in [0.1, 0.15) is 11.3 Å². The van der Waals surface area contributed by atoms with Crippen LogP contribution in [0.5, 0.6) is 0 Å². The molecule has 7 heteroatoms. The van der Waals surface area contributed by atoms with Gasteiger partial charge in [-0.1, -0.05) is 30.3 Å². The summed E-state index contributed by atoms with van der Waals surface area (Å²) in [5, 5.41) is 0.326. The van der Waals surface area contributed by atoms with E-state index in [9.17, 15) is 26.3 Å². The third-order valence-corrected chi connectivity index (χ3v) is 3.30. The normalized spacial score (nSPS) is 13.0. The molecule has 2 aromatic carbocycles. The van der Waals surface area contributed by atoms with Gasteiger partial charge in [-0.2, -0.15) is 26.3 Å². The number of hydrogen-bond donors (Lipinski definition) is 0. The number of hydrogen-bond acceptors (Lipinski definition) is 1. The van der Waals surface area contributed by atoms with E-state index in [-0.39, 0.29) is 21.7 Å². The molecule has 0 aliphatic heterocycles. The molecule has 0 saturated carbocycles. The predicted molar refractivity (Wildman–Crippen MR) is 69.3 cm³/mol. The van der Waals surface area contributed by atoms with E-state index in [1.165, 1.54) is 24.3 Å². The number of benzene rings is 2. The van der Waals surface area contributed by atoms with Crippen LogP contribution in [0.4, 0.5) is 26.3 Å². The van der Waals surface area contributed by atoms with Crippen molar-refractivity contribution >= 4 is 21.7 Å². The van der Waals surface area contributed by atoms with Crippen LogP contribution >= 0.6 is 0 Å². The molecule has 0 spiro atoms. The van der Waals surface area contributed by atoms with Gasteiger partial charge in [0, 0.05) is 10.8 Å². The summed E-state index contributed by atoms with van der Waals surface area (Å²) >= 11 is 0. The number of rotatable bonds is 0. The van der Waals surface area contributed by atoms with Crippen LogP contribution < -0.4 is 0 Å². The van der Waals surface area contributed by atoms with Crippen molar-refractivity contribution in [3.8, 4) is 0 Å². The van der Waals surface area contributed by atoms with Gasteiger partial charge in [0.2, 0.25) is 0 Å². The number of alkyl halides is 6. The monoisotopic (exact) mass is 315 g/mol. The van der Waals surface area contributed by atoms with Gasteiger partial charge in [0.25, 0.3) is 0 Å². The van der Waals surface area contributed by atoms with E-state index in [4.69, 9.17) is 0 Å². The molecule has 114 valence electrons. The average molecular weight is 315 g/mol. The Labute approximate surface area is 120 Å². The van der Waals surface area contributed by atoms with Gasteiger partial charge in [0.1, 0.15) is 0 Å². The minimum Gasteiger partial charge on any atom is -0.243 e. The molecular weight excluding hydrogens is 308 g/mol. The number of halogens is 6. The zero-order valence-corrected chi connectivity index (χ0v) is 10.8. The van der Waals surface area contributed by atoms with Gasteiger partial charge in [-0.25, -0.2) is 4.98 Å². The van der Waals surface area contributed by atoms with Gasteiger partial charge < -0.3 is 0 Å². The van der Waals surface area contributed by atoms with Gasteiger partial charge in [-0.05, 0) is 17.5 Å². The standard InChI is InChI=1S/C15H7F6N/c16-14(17,18)8-5-6-10-9-3-1-2-4-11(9)13(15(19,20)21)22-12(10)7-8/h1-7H. The number of nitrogens with zero attached hydrogens (tertiary/aromatic N) is 1. The molecule has 0 bridgehead atoms. The van der Waals surface area contributed by atoms with E-state index in [1.807, 2.05) is 0 Å². The molecule has 0 fully saturated rings. The predicted octanol–water partition coefficient (Wildman–Crippen LogP) is 5.43. The fourth-order valence-electron chi connectivity index (χ4n) is 2.35. The number of pyridine rings is 1. The van der Waals surface area contributed by atoms with Crippen LogP contribution in [0.25, 0.3) is 21.7 Å². The van der Waals surface area contributed by atoms with Gasteiger partial charge in [0.15, 0.2) is 5.69 Å². The number of aromatic nitrogens is 1. The Balaban J connectivity index is 2.44. The van der Waals surface area contributed by atoms with Crippen molar-refractivity contribution in [1.82, 2.24) is 4.98 Å². The van der Waals surface area contributed by atoms with Crippen LogP contribution in [-0.2, 0) is 12.4 Å². The molecule has 22 heavy (non-hydrogen) atoms. The van der Waals surface area contributed by atoms with Crippen molar-refractivity contribution in [3.05, 3.63) is 53.7 Å². The van der Waals surface area contributed by atoms with Gasteiger partial charge in [-0.15, -0.1) is 0 Å². The maximum atomic E-state index is 13.1. The zero-order valence-electron chi connectivity index (χ0n) is 10.8. The smallest absolute Gasteiger partial charge is 0.243 e. The van der Waals surface area contributed by atoms with Crippen molar-refractivity contribution in [2.45, 2.75) is 12.4 Å². The zero-order chi connectivity index (χ0) is 16.1. The molecule has 0 saturated heterocycles. The van der Waals surface area contributed by atoms with E-state index in [0.717, 1.165) is 12.1 Å². The summed E-state index contributed by atoms with van der Waals surface area (Å²) in [5.74, 6) is 0. The molecule has 1 heterocycles. The van der Waals surface area contributed by atoms with Crippen molar-refractivity contribution in [3.63, 3.8) is 0 Å². The van der Waals surface area contributed by atoms with E-state index in [1.54, 1.807) is 0 Å². The Morgan fingerprint density at radius 1 is 0.682 bits per heavy atom. The minimum atomic E-state index is -4.75. The molecule has 1 aromatic heterocycles. The third-order valence-electron chi connectivity index (χ3n) is 3.30. The Hall–Kier alpha value is -2.31. The highest BCUT2D eigenvalue weighted by atomic mass is 19.4. The Morgan fingerprint density at radius 3 is 1.91 bits per heavy atom. The highest BCUT2D eigenvalue weighted by Gasteiger charge is 2.36. The maximum absolute atomic E-state index is 13.1. The molecule has 3 rings (SSSR count). The molecule has 0 atom stereocenters. The van der Waals surface area contributed by atoms with Crippen LogP contribution in [0.3, 0.4) is 0 Å². The second-order valence-electron chi connectivity index (χ2n) is 4.73. The Morgan fingerprint density at radius 2 is 1.32 bits per heavy atom. The molecular formula is C15H7F6N. The van der Waals surface area contributed by atoms with Crippen LogP contribution in [0.2, 0.25) is 0 Å². The van der Waals surface area contributed by atoms with Gasteiger partial charge in [0.05, 0.1) is 11.1 Å². The first-order valence-corrected chi connectivity index (χ1v) is 6.15. The van der Waals surface area contributed by atoms with E-state index >= 15 is 0 Å². The third kappa shape index (κ3) is 2.36. The van der Waals surface area contributed by atoms with E-state index in [0.29, 0.717) is 6.07 Å². The number of fused-ring (bicyclic) bond motifs is 3. The second kappa shape index (κ2) is 4.59. The first-order valence-electron chi connectivity index (χ1n) is 6.15. The van der Waals surface area contributed by atoms with Crippen molar-refractivity contribution in [2.24, 2.45) is 0 Å². The van der Waals surface area contributed by atoms with Crippen molar-refractivity contribution in [2.75, 3.05) is 0 Å². The average Bonchev–Trinajstić information content (AvgIpc) is 2.44. The molecule has 0 aliphatic rings. The van der Waals surface area contributed by atoms with Crippen LogP contribution in [0, 0.1) is 0 Å². The van der Waals surface area contributed by atoms with Crippen LogP contribution in [-0.4, -0.2) is 4.98 Å². The fourth-order valence-corrected chi connectivity index (χ4v) is 2.35. The highest BCUT2D eigenvalue weighted by Crippen LogP contribution is 2.38. The highest BCUT2D eigenvalue weighted by molar-refractivity contribution is 6.06. The van der Waals surface area contributed by atoms with E-state index < -0.39 is 23.6 Å². The lowest BCUT2D eigenvalue weighted by Crippen LogP contribution is -2.10. The molecule has 0 aliphatic carbocycles. The molecule has 0 N–H and O–H groups in total. The summed E-state index contributed by atoms with van der Waals surface area (Å²) in [4.78, 5) is 3.42. The molecule has 0 unspecified atom stereocenters. The lowest BCUT2D eigenvalue weighted by molar-refractivity contribution is -0.139. The summed E-state index contributed by atoms with van der Waals surface area (Å²) < 4.78 is 77.4. The first-order chi connectivity index (χ1) is 10.2. The van der Waals surface area contributed by atoms with Gasteiger partial charge >= 0.3 is 12.4 Å². The Kier molecular flexibility index (Phi) is 3.05. The van der Waals surface area contributed by atoms with Crippen molar-refractivity contribution in [1.29, 1.82) is 0 Å². The topological polar surface area (TPSA) is 12.9 Å². The maximum Gasteiger partial charge on any atom is 0.433 e. The van der Waals surface area contributed by atoms with E-state index in [2.05, 4.69) is 4.98 Å². The summed E-state index contributed by atoms with van der Waals surface area (Å²) in [6.07, 6.45) is -9.39.